The van der Waals surface area contributed by atoms with Crippen molar-refractivity contribution in [2.45, 2.75) is 49.9 Å². The summed E-state index contributed by atoms with van der Waals surface area (Å²) in [5.74, 6) is -4.70. The number of guanidine groups is 1. The fourth-order valence-corrected chi connectivity index (χ4v) is 3.41. The van der Waals surface area contributed by atoms with Gasteiger partial charge in [-0.05, 0) is 18.4 Å². The van der Waals surface area contributed by atoms with Crippen molar-refractivity contribution in [2.75, 3.05) is 12.3 Å². The van der Waals surface area contributed by atoms with Gasteiger partial charge >= 0.3 is 5.97 Å². The number of hydrogen-bond donors (Lipinski definition) is 9. The van der Waals surface area contributed by atoms with E-state index in [9.17, 15) is 29.1 Å². The number of rotatable bonds is 16. The second kappa shape index (κ2) is 16.0. The lowest BCUT2D eigenvalue weighted by Crippen LogP contribution is -2.58. The molecule has 15 heteroatoms. The van der Waals surface area contributed by atoms with Gasteiger partial charge in [0.1, 0.15) is 18.1 Å². The Morgan fingerprint density at radius 2 is 1.46 bits per heavy atom. The highest BCUT2D eigenvalue weighted by molar-refractivity contribution is 7.80. The topological polar surface area (TPSA) is 258 Å². The van der Waals surface area contributed by atoms with Crippen LogP contribution in [0.4, 0.5) is 0 Å². The molecule has 1 rings (SSSR count). The number of aliphatic carboxylic acids is 1. The highest BCUT2D eigenvalue weighted by Gasteiger charge is 2.30. The van der Waals surface area contributed by atoms with Crippen LogP contribution in [0.3, 0.4) is 0 Å². The van der Waals surface area contributed by atoms with Crippen LogP contribution in [-0.2, 0) is 30.4 Å². The molecule has 0 aromatic heterocycles. The Bertz CT molecular complexity index is 973. The van der Waals surface area contributed by atoms with E-state index in [4.69, 9.17) is 22.9 Å². The number of nitrogens with two attached hydrogens (primary N) is 4. The average molecular weight is 539 g/mol. The van der Waals surface area contributed by atoms with Crippen molar-refractivity contribution < 1.29 is 29.1 Å². The molecule has 0 heterocycles. The lowest BCUT2D eigenvalue weighted by atomic mass is 10.0. The molecule has 0 saturated carbocycles. The van der Waals surface area contributed by atoms with Gasteiger partial charge in [-0.1, -0.05) is 30.3 Å². The minimum Gasteiger partial charge on any atom is -0.480 e. The van der Waals surface area contributed by atoms with E-state index < -0.39 is 60.2 Å². The molecule has 4 amide bonds. The molecule has 1 aromatic carbocycles. The molecule has 12 N–H and O–H groups in total. The molecule has 0 bridgehead atoms. The number of primary amides is 1. The molecule has 204 valence electrons. The molecule has 0 fully saturated rings. The van der Waals surface area contributed by atoms with E-state index in [1.165, 1.54) is 0 Å². The number of carboxylic acids is 1. The maximum atomic E-state index is 13.0. The van der Waals surface area contributed by atoms with Crippen LogP contribution in [0, 0.1) is 0 Å². The van der Waals surface area contributed by atoms with E-state index in [2.05, 4.69) is 33.6 Å². The van der Waals surface area contributed by atoms with Crippen LogP contribution in [0.25, 0.3) is 0 Å². The lowest BCUT2D eigenvalue weighted by Gasteiger charge is -2.24. The first-order valence-electron chi connectivity index (χ1n) is 11.3. The SMILES string of the molecule is NC(=O)CC(N)C(=O)NC(CS)C(=O)NC(CCCN=C(N)N)C(=O)NC(Cc1ccccc1)C(=O)O. The highest BCUT2D eigenvalue weighted by Crippen LogP contribution is 2.06. The second-order valence-corrected chi connectivity index (χ2v) is 8.48. The molecule has 0 radical (unpaired) electrons. The van der Waals surface area contributed by atoms with Crippen molar-refractivity contribution in [3.8, 4) is 0 Å². The van der Waals surface area contributed by atoms with Crippen LogP contribution in [-0.4, -0.2) is 77.1 Å². The maximum Gasteiger partial charge on any atom is 0.326 e. The molecule has 4 atom stereocenters. The summed E-state index contributed by atoms with van der Waals surface area (Å²) < 4.78 is 0. The number of aliphatic imine (C=N–C) groups is 1. The number of nitrogens with zero attached hydrogens (tertiary/aromatic N) is 1. The third-order valence-electron chi connectivity index (χ3n) is 5.05. The summed E-state index contributed by atoms with van der Waals surface area (Å²) in [5.41, 5.74) is 21.9. The number of carbonyl (C=O) groups is 5. The zero-order valence-corrected chi connectivity index (χ0v) is 21.0. The highest BCUT2D eigenvalue weighted by atomic mass is 32.1. The van der Waals surface area contributed by atoms with E-state index in [0.717, 1.165) is 0 Å². The van der Waals surface area contributed by atoms with Crippen LogP contribution >= 0.6 is 12.6 Å². The maximum absolute atomic E-state index is 13.0. The first-order valence-corrected chi connectivity index (χ1v) is 12.0. The molecule has 0 saturated heterocycles. The van der Waals surface area contributed by atoms with Crippen LogP contribution in [0.2, 0.25) is 0 Å². The van der Waals surface area contributed by atoms with Crippen molar-refractivity contribution in [3.63, 3.8) is 0 Å². The summed E-state index contributed by atoms with van der Waals surface area (Å²) in [6.07, 6.45) is -0.0846. The minimum absolute atomic E-state index is 0.0175. The Morgan fingerprint density at radius 1 is 0.892 bits per heavy atom. The Morgan fingerprint density at radius 3 is 2.00 bits per heavy atom. The first kappa shape index (κ1) is 31.2. The van der Waals surface area contributed by atoms with Crippen molar-refractivity contribution in [1.29, 1.82) is 0 Å². The molecule has 37 heavy (non-hydrogen) atoms. The quantitative estimate of drug-likeness (QED) is 0.0447. The number of thiol groups is 1. The average Bonchev–Trinajstić information content (AvgIpc) is 2.83. The van der Waals surface area contributed by atoms with Gasteiger partial charge in [0.15, 0.2) is 5.96 Å². The van der Waals surface area contributed by atoms with Gasteiger partial charge in [0.05, 0.1) is 12.5 Å². The molecular formula is C22H34N8O6S. The number of hydrogen-bond acceptors (Lipinski definition) is 8. The number of carbonyl (C=O) groups excluding carboxylic acids is 4. The smallest absolute Gasteiger partial charge is 0.326 e. The largest absolute Gasteiger partial charge is 0.480 e. The summed E-state index contributed by atoms with van der Waals surface area (Å²) in [5, 5.41) is 16.9. The molecule has 0 aliphatic heterocycles. The van der Waals surface area contributed by atoms with Crippen LogP contribution in [0.15, 0.2) is 35.3 Å². The lowest BCUT2D eigenvalue weighted by molar-refractivity contribution is -0.142. The first-order chi connectivity index (χ1) is 17.4. The number of carboxylic acid groups (broad SMARTS) is 1. The minimum atomic E-state index is -1.28. The van der Waals surface area contributed by atoms with E-state index in [1.807, 2.05) is 0 Å². The molecule has 4 unspecified atom stereocenters. The standard InChI is InChI=1S/C22H34N8O6S/c23-13(10-17(24)31)18(32)30-16(11-37)20(34)28-14(7-4-8-27-22(25)26)19(33)29-15(21(35)36)9-12-5-2-1-3-6-12/h1-3,5-6,13-16,37H,4,7-11,23H2,(H2,24,31)(H,28,34)(H,29,33)(H,30,32)(H,35,36)(H4,25,26,27). The summed E-state index contributed by atoms with van der Waals surface area (Å²) in [6.45, 7) is 0.156. The van der Waals surface area contributed by atoms with Gasteiger partial charge in [-0.15, -0.1) is 0 Å². The van der Waals surface area contributed by atoms with Gasteiger partial charge in [-0.2, -0.15) is 12.6 Å². The monoisotopic (exact) mass is 538 g/mol. The summed E-state index contributed by atoms with van der Waals surface area (Å²) in [6, 6.07) is 3.77. The van der Waals surface area contributed by atoms with E-state index in [0.29, 0.717) is 5.56 Å². The van der Waals surface area contributed by atoms with E-state index in [1.54, 1.807) is 30.3 Å². The molecule has 1 aromatic rings. The van der Waals surface area contributed by atoms with Gasteiger partial charge in [0.2, 0.25) is 23.6 Å². The van der Waals surface area contributed by atoms with Gasteiger partial charge in [-0.25, -0.2) is 4.79 Å². The van der Waals surface area contributed by atoms with Gasteiger partial charge in [0, 0.05) is 18.7 Å². The predicted octanol–water partition coefficient (Wildman–Crippen LogP) is -3.05. The fraction of sp³-hybridized carbons (Fsp3) is 0.455. The number of amides is 4. The normalized spacial score (nSPS) is 13.8. The van der Waals surface area contributed by atoms with E-state index >= 15 is 0 Å². The summed E-state index contributed by atoms with van der Waals surface area (Å²) >= 11 is 4.06. The van der Waals surface area contributed by atoms with E-state index in [-0.39, 0.29) is 37.5 Å². The number of benzene rings is 1. The molecular weight excluding hydrogens is 504 g/mol. The van der Waals surface area contributed by atoms with Gasteiger partial charge in [0.25, 0.3) is 0 Å². The molecule has 14 nitrogen and oxygen atoms in total. The van der Waals surface area contributed by atoms with Gasteiger partial charge in [-0.3, -0.25) is 24.2 Å². The second-order valence-electron chi connectivity index (χ2n) is 8.12. The third-order valence-corrected chi connectivity index (χ3v) is 5.41. The Hall–Kier alpha value is -3.85. The summed E-state index contributed by atoms with van der Waals surface area (Å²) in [7, 11) is 0. The summed E-state index contributed by atoms with van der Waals surface area (Å²) in [4.78, 5) is 64.7. The number of nitrogens with one attached hydrogen (secondary N) is 3. The third kappa shape index (κ3) is 12.1. The van der Waals surface area contributed by atoms with Crippen molar-refractivity contribution in [3.05, 3.63) is 35.9 Å². The zero-order valence-electron chi connectivity index (χ0n) is 20.1. The molecule has 0 aliphatic rings. The molecule has 0 spiro atoms. The Labute approximate surface area is 219 Å². The van der Waals surface area contributed by atoms with Crippen molar-refractivity contribution >= 4 is 48.2 Å². The molecule has 0 aliphatic carbocycles. The predicted molar refractivity (Wildman–Crippen MR) is 139 cm³/mol. The van der Waals surface area contributed by atoms with Crippen LogP contribution in [0.5, 0.6) is 0 Å². The zero-order chi connectivity index (χ0) is 28.0. The van der Waals surface area contributed by atoms with Gasteiger partial charge < -0.3 is 44.0 Å². The Kier molecular flexibility index (Phi) is 13.5. The van der Waals surface area contributed by atoms with Crippen molar-refractivity contribution in [2.24, 2.45) is 27.9 Å². The fourth-order valence-electron chi connectivity index (χ4n) is 3.15. The van der Waals surface area contributed by atoms with Crippen LogP contribution < -0.4 is 38.9 Å². The van der Waals surface area contributed by atoms with Crippen molar-refractivity contribution in [1.82, 2.24) is 16.0 Å². The van der Waals surface area contributed by atoms with Crippen LogP contribution in [0.1, 0.15) is 24.8 Å². The Balaban J connectivity index is 2.97.